The molecule has 2 rings (SSSR count). The summed E-state index contributed by atoms with van der Waals surface area (Å²) in [7, 11) is 0. The number of hydrogen-bond donors (Lipinski definition) is 0. The van der Waals surface area contributed by atoms with E-state index >= 15 is 0 Å². The molecule has 0 saturated carbocycles. The molecule has 0 aliphatic rings. The summed E-state index contributed by atoms with van der Waals surface area (Å²) in [6, 6.07) is 3.06. The fourth-order valence-electron chi connectivity index (χ4n) is 1.15. The van der Waals surface area contributed by atoms with Gasteiger partial charge in [0.1, 0.15) is 5.82 Å². The molecule has 0 bridgehead atoms. The lowest BCUT2D eigenvalue weighted by Crippen LogP contribution is -1.90. The Morgan fingerprint density at radius 2 is 2.07 bits per heavy atom. The largest absolute Gasteiger partial charge is 0.206 e. The van der Waals surface area contributed by atoms with Crippen molar-refractivity contribution < 1.29 is 4.39 Å². The van der Waals surface area contributed by atoms with Crippen LogP contribution in [0, 0.1) is 5.82 Å². The first kappa shape index (κ1) is 11.7. The third-order valence-corrected chi connectivity index (χ3v) is 4.89. The van der Waals surface area contributed by atoms with Crippen molar-refractivity contribution in [3.63, 3.8) is 0 Å². The standard InChI is InChI=1S/C9H4Cl3FS2/c10-6-3-4(9(12)15-6)7(11)8-5(13)1-2-14-8/h1-3,7H. The second-order valence-corrected chi connectivity index (χ2v) is 6.44. The summed E-state index contributed by atoms with van der Waals surface area (Å²) in [6.45, 7) is 0. The number of alkyl halides is 1. The van der Waals surface area contributed by atoms with Gasteiger partial charge in [-0.3, -0.25) is 0 Å². The van der Waals surface area contributed by atoms with Crippen molar-refractivity contribution in [3.8, 4) is 0 Å². The Balaban J connectivity index is 2.40. The van der Waals surface area contributed by atoms with Crippen LogP contribution < -0.4 is 0 Å². The minimum absolute atomic E-state index is 0.307. The fraction of sp³-hybridized carbons (Fsp3) is 0.111. The van der Waals surface area contributed by atoms with Crippen LogP contribution in [0.1, 0.15) is 15.8 Å². The molecule has 0 fully saturated rings. The molecule has 0 amide bonds. The van der Waals surface area contributed by atoms with E-state index in [2.05, 4.69) is 0 Å². The second kappa shape index (κ2) is 4.60. The van der Waals surface area contributed by atoms with Crippen LogP contribution in [0.15, 0.2) is 17.5 Å². The van der Waals surface area contributed by atoms with Gasteiger partial charge in [-0.2, -0.15) is 0 Å². The lowest BCUT2D eigenvalue weighted by molar-refractivity contribution is 0.620. The molecule has 0 N–H and O–H groups in total. The van der Waals surface area contributed by atoms with E-state index in [1.165, 1.54) is 28.7 Å². The van der Waals surface area contributed by atoms with Crippen molar-refractivity contribution in [1.82, 2.24) is 0 Å². The highest BCUT2D eigenvalue weighted by Gasteiger charge is 2.21. The predicted octanol–water partition coefficient (Wildman–Crippen LogP) is 5.58. The van der Waals surface area contributed by atoms with Gasteiger partial charge in [0.05, 0.1) is 18.9 Å². The maximum Gasteiger partial charge on any atom is 0.138 e. The SMILES string of the molecule is Fc1ccsc1C(Cl)c1cc(Cl)sc1Cl. The van der Waals surface area contributed by atoms with E-state index in [0.717, 1.165) is 0 Å². The molecule has 0 aromatic carbocycles. The molecule has 2 aromatic rings. The molecule has 2 aromatic heterocycles. The number of hydrogen-bond acceptors (Lipinski definition) is 2. The van der Waals surface area contributed by atoms with Crippen LogP contribution in [0.5, 0.6) is 0 Å². The summed E-state index contributed by atoms with van der Waals surface area (Å²) in [5.74, 6) is -0.307. The van der Waals surface area contributed by atoms with Gasteiger partial charge in [-0.05, 0) is 17.5 Å². The number of halogens is 4. The highest BCUT2D eigenvalue weighted by atomic mass is 35.5. The number of thiophene rings is 2. The van der Waals surface area contributed by atoms with E-state index in [0.29, 0.717) is 19.1 Å². The molecule has 1 unspecified atom stereocenters. The predicted molar refractivity (Wildman–Crippen MR) is 66.3 cm³/mol. The van der Waals surface area contributed by atoms with Gasteiger partial charge in [0.25, 0.3) is 0 Å². The first-order chi connectivity index (χ1) is 7.09. The smallest absolute Gasteiger partial charge is 0.138 e. The molecular weight excluding hydrogens is 298 g/mol. The van der Waals surface area contributed by atoms with Gasteiger partial charge in [0.2, 0.25) is 0 Å². The molecule has 0 spiro atoms. The van der Waals surface area contributed by atoms with Gasteiger partial charge in [-0.15, -0.1) is 34.3 Å². The summed E-state index contributed by atoms with van der Waals surface area (Å²) in [5.41, 5.74) is 0.662. The first-order valence-corrected chi connectivity index (χ1v) is 6.80. The van der Waals surface area contributed by atoms with Crippen molar-refractivity contribution in [1.29, 1.82) is 0 Å². The van der Waals surface area contributed by atoms with E-state index < -0.39 is 5.38 Å². The fourth-order valence-corrected chi connectivity index (χ4v) is 4.00. The molecule has 0 nitrogen and oxygen atoms in total. The summed E-state index contributed by atoms with van der Waals surface area (Å²) in [6.07, 6.45) is 0. The molecule has 0 saturated heterocycles. The van der Waals surface area contributed by atoms with Gasteiger partial charge in [-0.1, -0.05) is 23.2 Å². The Morgan fingerprint density at radius 1 is 1.33 bits per heavy atom. The minimum atomic E-state index is -0.568. The van der Waals surface area contributed by atoms with Crippen molar-refractivity contribution in [2.75, 3.05) is 0 Å². The van der Waals surface area contributed by atoms with Gasteiger partial charge in [0.15, 0.2) is 0 Å². The monoisotopic (exact) mass is 300 g/mol. The number of rotatable bonds is 2. The van der Waals surface area contributed by atoms with Crippen LogP contribution in [-0.4, -0.2) is 0 Å². The van der Waals surface area contributed by atoms with Crippen molar-refractivity contribution >= 4 is 57.5 Å². The van der Waals surface area contributed by atoms with Crippen molar-refractivity contribution in [2.45, 2.75) is 5.38 Å². The zero-order chi connectivity index (χ0) is 11.0. The molecule has 80 valence electrons. The van der Waals surface area contributed by atoms with Gasteiger partial charge in [0, 0.05) is 5.56 Å². The maximum atomic E-state index is 13.3. The van der Waals surface area contributed by atoms with Crippen LogP contribution in [0.25, 0.3) is 0 Å². The lowest BCUT2D eigenvalue weighted by Gasteiger charge is -2.05. The molecule has 2 heterocycles. The van der Waals surface area contributed by atoms with Gasteiger partial charge >= 0.3 is 0 Å². The van der Waals surface area contributed by atoms with E-state index in [4.69, 9.17) is 34.8 Å². The highest BCUT2D eigenvalue weighted by molar-refractivity contribution is 7.20. The van der Waals surface area contributed by atoms with Crippen LogP contribution in [0.4, 0.5) is 4.39 Å². The summed E-state index contributed by atoms with van der Waals surface area (Å²) >= 11 is 20.4. The Morgan fingerprint density at radius 3 is 2.53 bits per heavy atom. The third-order valence-electron chi connectivity index (χ3n) is 1.83. The van der Waals surface area contributed by atoms with Gasteiger partial charge < -0.3 is 0 Å². The zero-order valence-corrected chi connectivity index (χ0v) is 11.0. The molecule has 0 radical (unpaired) electrons. The van der Waals surface area contributed by atoms with Crippen LogP contribution >= 0.6 is 57.5 Å². The quantitative estimate of drug-likeness (QED) is 0.635. The van der Waals surface area contributed by atoms with Crippen LogP contribution in [0.3, 0.4) is 0 Å². The van der Waals surface area contributed by atoms with E-state index in [9.17, 15) is 4.39 Å². The van der Waals surface area contributed by atoms with Crippen molar-refractivity contribution in [3.05, 3.63) is 42.4 Å². The molecule has 6 heteroatoms. The first-order valence-electron chi connectivity index (χ1n) is 3.91. The van der Waals surface area contributed by atoms with Gasteiger partial charge in [-0.25, -0.2) is 4.39 Å². The summed E-state index contributed by atoms with van der Waals surface area (Å²) < 4.78 is 14.3. The summed E-state index contributed by atoms with van der Waals surface area (Å²) in [4.78, 5) is 0.466. The highest BCUT2D eigenvalue weighted by Crippen LogP contribution is 2.42. The molecule has 1 atom stereocenters. The lowest BCUT2D eigenvalue weighted by atomic mass is 10.2. The molecule has 0 aliphatic carbocycles. The maximum absolute atomic E-state index is 13.3. The zero-order valence-electron chi connectivity index (χ0n) is 7.14. The Kier molecular flexibility index (Phi) is 3.58. The van der Waals surface area contributed by atoms with Crippen LogP contribution in [-0.2, 0) is 0 Å². The molecule has 15 heavy (non-hydrogen) atoms. The van der Waals surface area contributed by atoms with E-state index in [1.807, 2.05) is 0 Å². The Labute approximate surface area is 109 Å². The van der Waals surface area contributed by atoms with Crippen molar-refractivity contribution in [2.24, 2.45) is 0 Å². The van der Waals surface area contributed by atoms with E-state index in [-0.39, 0.29) is 5.82 Å². The van der Waals surface area contributed by atoms with Crippen LogP contribution in [0.2, 0.25) is 8.67 Å². The Bertz CT molecular complexity index is 477. The summed E-state index contributed by atoms with van der Waals surface area (Å²) in [5, 5.41) is 1.09. The molecular formula is C9H4Cl3FS2. The second-order valence-electron chi connectivity index (χ2n) is 2.77. The Hall–Kier alpha value is 0.200. The minimum Gasteiger partial charge on any atom is -0.206 e. The average Bonchev–Trinajstić information content (AvgIpc) is 2.71. The van der Waals surface area contributed by atoms with E-state index in [1.54, 1.807) is 11.4 Å². The molecule has 0 aliphatic heterocycles. The topological polar surface area (TPSA) is 0 Å². The third kappa shape index (κ3) is 2.32. The average molecular weight is 302 g/mol. The normalized spacial score (nSPS) is 13.1.